The number of halogens is 1. The second-order valence-corrected chi connectivity index (χ2v) is 7.02. The van der Waals surface area contributed by atoms with Crippen LogP contribution in [0.3, 0.4) is 0 Å². The first-order valence-corrected chi connectivity index (χ1v) is 7.02. The van der Waals surface area contributed by atoms with Gasteiger partial charge < -0.3 is 0 Å². The molecule has 0 amide bonds. The summed E-state index contributed by atoms with van der Waals surface area (Å²) in [5.74, 6) is 1.83. The highest BCUT2D eigenvalue weighted by Gasteiger charge is 2.36. The Morgan fingerprint density at radius 3 is 2.29 bits per heavy atom. The van der Waals surface area contributed by atoms with Gasteiger partial charge in [0, 0.05) is 4.83 Å². The third-order valence-corrected chi connectivity index (χ3v) is 5.11. The molecular formula is C13H25Br. The second-order valence-electron chi connectivity index (χ2n) is 5.85. The molecule has 1 fully saturated rings. The largest absolute Gasteiger partial charge is 0.0888 e. The Morgan fingerprint density at radius 1 is 1.21 bits per heavy atom. The first-order valence-electron chi connectivity index (χ1n) is 6.11. The van der Waals surface area contributed by atoms with Gasteiger partial charge in [0.05, 0.1) is 0 Å². The fourth-order valence-corrected chi connectivity index (χ4v) is 3.60. The number of hydrogen-bond acceptors (Lipinski definition) is 0. The van der Waals surface area contributed by atoms with Crippen LogP contribution in [0.5, 0.6) is 0 Å². The molecule has 0 aromatic rings. The molecular weight excluding hydrogens is 236 g/mol. The van der Waals surface area contributed by atoms with Gasteiger partial charge in [-0.3, -0.25) is 0 Å². The lowest BCUT2D eigenvalue weighted by molar-refractivity contribution is 0.106. The molecule has 0 radical (unpaired) electrons. The first-order chi connectivity index (χ1) is 6.46. The normalized spacial score (nSPS) is 31.5. The highest BCUT2D eigenvalue weighted by molar-refractivity contribution is 9.09. The van der Waals surface area contributed by atoms with Gasteiger partial charge in [-0.1, -0.05) is 56.5 Å². The second kappa shape index (κ2) is 5.01. The molecule has 3 atom stereocenters. The minimum Gasteiger partial charge on any atom is -0.0888 e. The SMILES string of the molecule is CCC(Br)C1CCCCC1C(C)(C)C. The third kappa shape index (κ3) is 2.98. The zero-order valence-electron chi connectivity index (χ0n) is 10.1. The van der Waals surface area contributed by atoms with E-state index in [1.54, 1.807) is 0 Å². The summed E-state index contributed by atoms with van der Waals surface area (Å²) in [5, 5.41) is 0. The lowest BCUT2D eigenvalue weighted by Gasteiger charge is -2.42. The summed E-state index contributed by atoms with van der Waals surface area (Å²) in [4.78, 5) is 0.743. The first kappa shape index (κ1) is 12.5. The monoisotopic (exact) mass is 260 g/mol. The third-order valence-electron chi connectivity index (χ3n) is 3.79. The molecule has 0 heterocycles. The summed E-state index contributed by atoms with van der Waals surface area (Å²) < 4.78 is 0. The average Bonchev–Trinajstić information content (AvgIpc) is 2.15. The van der Waals surface area contributed by atoms with Gasteiger partial charge in [0.25, 0.3) is 0 Å². The standard InChI is InChI=1S/C13H25Br/c1-5-12(14)10-8-6-7-9-11(10)13(2,3)4/h10-12H,5-9H2,1-4H3. The van der Waals surface area contributed by atoms with E-state index in [1.807, 2.05) is 0 Å². The summed E-state index contributed by atoms with van der Waals surface area (Å²) in [6, 6.07) is 0. The maximum Gasteiger partial charge on any atom is 0.0174 e. The molecule has 0 aromatic heterocycles. The zero-order valence-corrected chi connectivity index (χ0v) is 11.7. The summed E-state index contributed by atoms with van der Waals surface area (Å²) in [6.07, 6.45) is 7.04. The Labute approximate surface area is 98.0 Å². The quantitative estimate of drug-likeness (QED) is 0.613. The van der Waals surface area contributed by atoms with Crippen LogP contribution in [0.2, 0.25) is 0 Å². The lowest BCUT2D eigenvalue weighted by Crippen LogP contribution is -2.35. The summed E-state index contributed by atoms with van der Waals surface area (Å²) in [6.45, 7) is 9.52. The Morgan fingerprint density at radius 2 is 1.79 bits per heavy atom. The molecule has 0 nitrogen and oxygen atoms in total. The van der Waals surface area contributed by atoms with E-state index in [-0.39, 0.29) is 0 Å². The molecule has 1 rings (SSSR count). The van der Waals surface area contributed by atoms with Crippen LogP contribution in [0.4, 0.5) is 0 Å². The van der Waals surface area contributed by atoms with Crippen LogP contribution >= 0.6 is 15.9 Å². The van der Waals surface area contributed by atoms with Crippen molar-refractivity contribution in [2.75, 3.05) is 0 Å². The average molecular weight is 261 g/mol. The van der Waals surface area contributed by atoms with E-state index in [0.29, 0.717) is 5.41 Å². The van der Waals surface area contributed by atoms with E-state index in [1.165, 1.54) is 32.1 Å². The molecule has 84 valence electrons. The predicted molar refractivity (Wildman–Crippen MR) is 67.9 cm³/mol. The summed E-state index contributed by atoms with van der Waals surface area (Å²) >= 11 is 3.87. The molecule has 0 bridgehead atoms. The van der Waals surface area contributed by atoms with Gasteiger partial charge in [-0.25, -0.2) is 0 Å². The van der Waals surface area contributed by atoms with Gasteiger partial charge in [0.1, 0.15) is 0 Å². The van der Waals surface area contributed by atoms with Crippen molar-refractivity contribution in [1.29, 1.82) is 0 Å². The van der Waals surface area contributed by atoms with E-state index in [2.05, 4.69) is 43.6 Å². The summed E-state index contributed by atoms with van der Waals surface area (Å²) in [7, 11) is 0. The van der Waals surface area contributed by atoms with Gasteiger partial charge in [0.2, 0.25) is 0 Å². The van der Waals surface area contributed by atoms with Crippen LogP contribution in [0, 0.1) is 17.3 Å². The van der Waals surface area contributed by atoms with Gasteiger partial charge in [-0.05, 0) is 36.5 Å². The van der Waals surface area contributed by atoms with Crippen LogP contribution in [-0.4, -0.2) is 4.83 Å². The minimum absolute atomic E-state index is 0.492. The van der Waals surface area contributed by atoms with Gasteiger partial charge in [0.15, 0.2) is 0 Å². The zero-order chi connectivity index (χ0) is 10.8. The van der Waals surface area contributed by atoms with E-state index >= 15 is 0 Å². The van der Waals surface area contributed by atoms with E-state index < -0.39 is 0 Å². The maximum atomic E-state index is 3.87. The highest BCUT2D eigenvalue weighted by atomic mass is 79.9. The van der Waals surface area contributed by atoms with Crippen molar-refractivity contribution in [1.82, 2.24) is 0 Å². The van der Waals surface area contributed by atoms with Crippen molar-refractivity contribution in [2.24, 2.45) is 17.3 Å². The van der Waals surface area contributed by atoms with Gasteiger partial charge in [-0.2, -0.15) is 0 Å². The lowest BCUT2D eigenvalue weighted by atomic mass is 9.65. The Hall–Kier alpha value is 0.480. The van der Waals surface area contributed by atoms with E-state index in [9.17, 15) is 0 Å². The predicted octanol–water partition coefficient (Wildman–Crippen LogP) is 5.01. The van der Waals surface area contributed by atoms with E-state index in [0.717, 1.165) is 16.7 Å². The van der Waals surface area contributed by atoms with Crippen LogP contribution in [-0.2, 0) is 0 Å². The molecule has 0 aliphatic heterocycles. The van der Waals surface area contributed by atoms with Crippen molar-refractivity contribution in [3.63, 3.8) is 0 Å². The molecule has 0 N–H and O–H groups in total. The fourth-order valence-electron chi connectivity index (χ4n) is 2.97. The maximum absolute atomic E-state index is 3.87. The van der Waals surface area contributed by atoms with E-state index in [4.69, 9.17) is 0 Å². The van der Waals surface area contributed by atoms with Crippen LogP contribution in [0.15, 0.2) is 0 Å². The molecule has 1 aliphatic rings. The van der Waals surface area contributed by atoms with Gasteiger partial charge >= 0.3 is 0 Å². The molecule has 1 saturated carbocycles. The van der Waals surface area contributed by atoms with Crippen molar-refractivity contribution < 1.29 is 0 Å². The molecule has 0 spiro atoms. The molecule has 0 aromatic carbocycles. The Balaban J connectivity index is 2.69. The van der Waals surface area contributed by atoms with Crippen molar-refractivity contribution in [3.8, 4) is 0 Å². The van der Waals surface area contributed by atoms with Crippen molar-refractivity contribution in [3.05, 3.63) is 0 Å². The fraction of sp³-hybridized carbons (Fsp3) is 1.00. The number of alkyl halides is 1. The molecule has 3 unspecified atom stereocenters. The number of rotatable bonds is 2. The molecule has 1 aliphatic carbocycles. The molecule has 1 heteroatoms. The Bertz CT molecular complexity index is 169. The topological polar surface area (TPSA) is 0 Å². The Kier molecular flexibility index (Phi) is 4.49. The van der Waals surface area contributed by atoms with Gasteiger partial charge in [-0.15, -0.1) is 0 Å². The van der Waals surface area contributed by atoms with Crippen LogP contribution < -0.4 is 0 Å². The molecule has 0 saturated heterocycles. The van der Waals surface area contributed by atoms with Crippen molar-refractivity contribution >= 4 is 15.9 Å². The van der Waals surface area contributed by atoms with Crippen LogP contribution in [0.1, 0.15) is 59.8 Å². The summed E-state index contributed by atoms with van der Waals surface area (Å²) in [5.41, 5.74) is 0.492. The minimum atomic E-state index is 0.492. The highest BCUT2D eigenvalue weighted by Crippen LogP contribution is 2.45. The number of hydrogen-bond donors (Lipinski definition) is 0. The molecule has 14 heavy (non-hydrogen) atoms. The smallest absolute Gasteiger partial charge is 0.0174 e. The van der Waals surface area contributed by atoms with Crippen molar-refractivity contribution in [2.45, 2.75) is 64.6 Å². The van der Waals surface area contributed by atoms with Crippen LogP contribution in [0.25, 0.3) is 0 Å².